The van der Waals surface area contributed by atoms with E-state index in [0.717, 1.165) is 0 Å². The van der Waals surface area contributed by atoms with Gasteiger partial charge in [-0.1, -0.05) is 6.07 Å². The van der Waals surface area contributed by atoms with Crippen molar-refractivity contribution < 1.29 is 27.3 Å². The van der Waals surface area contributed by atoms with Crippen LogP contribution in [0.5, 0.6) is 0 Å². The highest BCUT2D eigenvalue weighted by Gasteiger charge is 2.41. The number of hydrazine groups is 2. The molecule has 2 rings (SSSR count). The quantitative estimate of drug-likeness (QED) is 0.394. The van der Waals surface area contributed by atoms with Gasteiger partial charge in [0.25, 0.3) is 0 Å². The predicted octanol–water partition coefficient (Wildman–Crippen LogP) is 1.83. The maximum atomic E-state index is 13.4. The number of nitrogens with two attached hydrogens (primary N) is 1. The second-order valence-corrected chi connectivity index (χ2v) is 8.46. The summed E-state index contributed by atoms with van der Waals surface area (Å²) in [6.45, 7) is 0. The van der Waals surface area contributed by atoms with Gasteiger partial charge in [-0.2, -0.15) is 13.2 Å². The Morgan fingerprint density at radius 3 is 2.46 bits per heavy atom. The maximum absolute atomic E-state index is 13.4. The SMILES string of the molecule is N=S(=O)(CCC(c1ccc2c(c1)NNN2)C(F)(F)F)CC[C@H](N)C(=O)O. The van der Waals surface area contributed by atoms with Crippen LogP contribution in [0.15, 0.2) is 18.2 Å². The third-order valence-electron chi connectivity index (χ3n) is 4.05. The lowest BCUT2D eigenvalue weighted by atomic mass is 9.95. The third kappa shape index (κ3) is 5.22. The summed E-state index contributed by atoms with van der Waals surface area (Å²) in [4.78, 5) is 10.6. The minimum Gasteiger partial charge on any atom is -0.480 e. The molecule has 0 amide bonds. The van der Waals surface area contributed by atoms with Crippen molar-refractivity contribution in [3.05, 3.63) is 23.8 Å². The predicted molar refractivity (Wildman–Crippen MR) is 91.1 cm³/mol. The molecule has 0 spiro atoms. The fraction of sp³-hybridized carbons (Fsp3) is 0.500. The summed E-state index contributed by atoms with van der Waals surface area (Å²) in [7, 11) is -3.37. The number of carboxylic acids is 1. The molecule has 12 heteroatoms. The van der Waals surface area contributed by atoms with Gasteiger partial charge in [0.2, 0.25) is 0 Å². The molecule has 1 aliphatic rings. The Balaban J connectivity index is 2.08. The fourth-order valence-electron chi connectivity index (χ4n) is 2.53. The Kier molecular flexibility index (Phi) is 5.98. The van der Waals surface area contributed by atoms with E-state index >= 15 is 0 Å². The molecule has 1 aliphatic heterocycles. The number of rotatable bonds is 8. The van der Waals surface area contributed by atoms with Crippen LogP contribution in [0, 0.1) is 4.78 Å². The van der Waals surface area contributed by atoms with E-state index in [1.54, 1.807) is 0 Å². The van der Waals surface area contributed by atoms with E-state index in [9.17, 15) is 22.2 Å². The van der Waals surface area contributed by atoms with Crippen LogP contribution in [0.25, 0.3) is 0 Å². The van der Waals surface area contributed by atoms with Crippen LogP contribution in [-0.2, 0) is 14.5 Å². The first-order chi connectivity index (χ1) is 12.0. The molecule has 146 valence electrons. The Morgan fingerprint density at radius 1 is 1.23 bits per heavy atom. The van der Waals surface area contributed by atoms with E-state index in [1.165, 1.54) is 18.2 Å². The average Bonchev–Trinajstić information content (AvgIpc) is 2.99. The second kappa shape index (κ2) is 7.68. The highest BCUT2D eigenvalue weighted by Crippen LogP contribution is 2.40. The smallest absolute Gasteiger partial charge is 0.395 e. The van der Waals surface area contributed by atoms with E-state index in [1.807, 2.05) is 0 Å². The van der Waals surface area contributed by atoms with Gasteiger partial charge in [0.05, 0.1) is 17.3 Å². The first-order valence-electron chi connectivity index (χ1n) is 7.70. The number of hydrogen-bond acceptors (Lipinski definition) is 7. The summed E-state index contributed by atoms with van der Waals surface area (Å²) >= 11 is 0. The third-order valence-corrected chi connectivity index (χ3v) is 5.84. The number of hydrogen-bond donors (Lipinski definition) is 6. The lowest BCUT2D eigenvalue weighted by Gasteiger charge is -2.22. The van der Waals surface area contributed by atoms with Crippen molar-refractivity contribution in [2.75, 3.05) is 22.4 Å². The summed E-state index contributed by atoms with van der Waals surface area (Å²) in [6.07, 6.45) is -5.33. The van der Waals surface area contributed by atoms with Crippen LogP contribution in [0.1, 0.15) is 24.3 Å². The topological polar surface area (TPSA) is 140 Å². The number of alkyl halides is 3. The zero-order chi connectivity index (χ0) is 19.5. The van der Waals surface area contributed by atoms with Crippen LogP contribution in [0.3, 0.4) is 0 Å². The van der Waals surface area contributed by atoms with Crippen molar-refractivity contribution in [1.82, 2.24) is 5.53 Å². The Labute approximate surface area is 148 Å². The van der Waals surface area contributed by atoms with Crippen molar-refractivity contribution >= 4 is 27.1 Å². The van der Waals surface area contributed by atoms with Crippen LogP contribution in [-0.4, -0.2) is 39.0 Å². The zero-order valence-electron chi connectivity index (χ0n) is 13.6. The van der Waals surface area contributed by atoms with Crippen LogP contribution in [0.4, 0.5) is 24.5 Å². The maximum Gasteiger partial charge on any atom is 0.395 e. The van der Waals surface area contributed by atoms with Crippen molar-refractivity contribution in [3.8, 4) is 0 Å². The van der Waals surface area contributed by atoms with E-state index < -0.39 is 46.0 Å². The van der Waals surface area contributed by atoms with Crippen molar-refractivity contribution in [3.63, 3.8) is 0 Å². The van der Waals surface area contributed by atoms with Crippen LogP contribution in [0.2, 0.25) is 0 Å². The second-order valence-electron chi connectivity index (χ2n) is 6.02. The van der Waals surface area contributed by atoms with Gasteiger partial charge in [0, 0.05) is 21.2 Å². The van der Waals surface area contributed by atoms with E-state index in [0.29, 0.717) is 11.4 Å². The Morgan fingerprint density at radius 2 is 1.85 bits per heavy atom. The summed E-state index contributed by atoms with van der Waals surface area (Å²) in [6, 6.07) is 2.86. The minimum atomic E-state index is -4.57. The first-order valence-corrected chi connectivity index (χ1v) is 9.59. The van der Waals surface area contributed by atoms with E-state index in [2.05, 4.69) is 16.4 Å². The van der Waals surface area contributed by atoms with Crippen LogP contribution < -0.4 is 22.1 Å². The van der Waals surface area contributed by atoms with E-state index in [-0.39, 0.29) is 17.7 Å². The number of carbonyl (C=O) groups is 1. The van der Waals surface area contributed by atoms with Gasteiger partial charge in [-0.25, -0.2) is 4.21 Å². The summed E-state index contributed by atoms with van der Waals surface area (Å²) in [5.41, 5.74) is 14.3. The van der Waals surface area contributed by atoms with E-state index in [4.69, 9.17) is 15.6 Å². The van der Waals surface area contributed by atoms with Crippen LogP contribution >= 0.6 is 0 Å². The monoisotopic (exact) mass is 395 g/mol. The Hall–Kier alpha value is -2.05. The van der Waals surface area contributed by atoms with Crippen molar-refractivity contribution in [1.29, 1.82) is 4.78 Å². The molecule has 0 bridgehead atoms. The number of anilines is 2. The van der Waals surface area contributed by atoms with Gasteiger partial charge in [-0.3, -0.25) is 9.57 Å². The lowest BCUT2D eigenvalue weighted by Crippen LogP contribution is -2.32. The minimum absolute atomic E-state index is 0.00770. The molecule has 3 atom stereocenters. The molecule has 0 fully saturated rings. The molecular formula is C14H20F3N5O3S. The number of fused-ring (bicyclic) bond motifs is 1. The van der Waals surface area contributed by atoms with Gasteiger partial charge in [-0.15, -0.1) is 5.53 Å². The Bertz CT molecular complexity index is 770. The molecule has 0 radical (unpaired) electrons. The summed E-state index contributed by atoms with van der Waals surface area (Å²) in [5, 5.41) is 8.69. The zero-order valence-corrected chi connectivity index (χ0v) is 14.4. The molecule has 7 N–H and O–H groups in total. The number of nitrogens with one attached hydrogen (secondary N) is 4. The molecule has 0 saturated carbocycles. The largest absolute Gasteiger partial charge is 0.480 e. The average molecular weight is 395 g/mol. The molecular weight excluding hydrogens is 375 g/mol. The molecule has 0 aliphatic carbocycles. The normalized spacial score (nSPS) is 18.2. The molecule has 0 aromatic heterocycles. The lowest BCUT2D eigenvalue weighted by molar-refractivity contribution is -0.150. The van der Waals surface area contributed by atoms with Crippen molar-refractivity contribution in [2.24, 2.45) is 5.73 Å². The number of aliphatic carboxylic acids is 1. The molecule has 1 heterocycles. The summed E-state index contributed by atoms with van der Waals surface area (Å²) < 4.78 is 60.3. The summed E-state index contributed by atoms with van der Waals surface area (Å²) in [5.74, 6) is -4.04. The van der Waals surface area contributed by atoms with Gasteiger partial charge in [-0.05, 0) is 30.5 Å². The standard InChI is InChI=1S/C14H20F3N5O3S/c15-14(16,17)9(8-1-2-11-12(7-8)21-22-20-11)3-5-26(19,25)6-4-10(18)13(23)24/h1-2,7,9-10,19-22H,3-6,18H2,(H,23,24)/t9?,10-,26?/m0/s1. The van der Waals surface area contributed by atoms with Crippen molar-refractivity contribution in [2.45, 2.75) is 31.0 Å². The molecule has 1 aromatic carbocycles. The van der Waals surface area contributed by atoms with Gasteiger partial charge < -0.3 is 21.7 Å². The van der Waals surface area contributed by atoms with Gasteiger partial charge >= 0.3 is 12.1 Å². The molecule has 1 aromatic rings. The molecule has 8 nitrogen and oxygen atoms in total. The van der Waals surface area contributed by atoms with Gasteiger partial charge in [0.15, 0.2) is 0 Å². The number of benzene rings is 1. The highest BCUT2D eigenvalue weighted by molar-refractivity contribution is 7.92. The number of halogens is 3. The number of carboxylic acid groups (broad SMARTS) is 1. The molecule has 26 heavy (non-hydrogen) atoms. The highest BCUT2D eigenvalue weighted by atomic mass is 32.2. The van der Waals surface area contributed by atoms with Gasteiger partial charge in [0.1, 0.15) is 6.04 Å². The molecule has 0 saturated heterocycles. The molecule has 2 unspecified atom stereocenters. The first kappa shape index (κ1) is 20.3. The fourth-order valence-corrected chi connectivity index (χ4v) is 3.98.